The number of nitrogens with one attached hydrogen (secondary N) is 2. The summed E-state index contributed by atoms with van der Waals surface area (Å²) < 4.78 is 5.26. The molecule has 0 radical (unpaired) electrons. The van der Waals surface area contributed by atoms with Crippen molar-refractivity contribution < 1.29 is 9.53 Å². The van der Waals surface area contributed by atoms with Crippen molar-refractivity contribution in [2.45, 2.75) is 38.8 Å². The molecule has 0 aromatic carbocycles. The van der Waals surface area contributed by atoms with Gasteiger partial charge in [0, 0.05) is 13.2 Å². The molecule has 0 saturated carbocycles. The first-order valence-corrected chi connectivity index (χ1v) is 4.99. The fraction of sp³-hybridized carbons (Fsp3) is 0.889. The second-order valence-electron chi connectivity index (χ2n) is 3.26. The fourth-order valence-electron chi connectivity index (χ4n) is 1.27. The van der Waals surface area contributed by atoms with E-state index in [9.17, 15) is 4.79 Å². The number of urea groups is 1. The number of unbranched alkanes of at least 4 members (excludes halogenated alkanes) is 1. The maximum Gasteiger partial charge on any atom is 0.316 e. The first-order chi connectivity index (χ1) is 6.33. The predicted octanol–water partition coefficient (Wildman–Crippen LogP) is 1.22. The van der Waals surface area contributed by atoms with Crippen LogP contribution in [0.25, 0.3) is 0 Å². The van der Waals surface area contributed by atoms with Gasteiger partial charge in [0.2, 0.25) is 0 Å². The van der Waals surface area contributed by atoms with Crippen LogP contribution in [0.1, 0.15) is 32.6 Å². The molecule has 1 atom stereocenters. The fourth-order valence-corrected chi connectivity index (χ4v) is 1.27. The number of hydrogen-bond donors (Lipinski definition) is 2. The van der Waals surface area contributed by atoms with Gasteiger partial charge in [-0.25, -0.2) is 4.79 Å². The standard InChI is InChI=1S/C9H18N2O2/c1-2-3-6-10-9(12)11-8-5-4-7-13-8/h8H,2-7H2,1H3,(H2,10,11,12). The van der Waals surface area contributed by atoms with Gasteiger partial charge in [-0.2, -0.15) is 0 Å². The molecule has 0 aliphatic carbocycles. The molecule has 1 rings (SSSR count). The molecule has 1 saturated heterocycles. The Morgan fingerprint density at radius 1 is 1.62 bits per heavy atom. The van der Waals surface area contributed by atoms with Crippen LogP contribution in [-0.4, -0.2) is 25.4 Å². The van der Waals surface area contributed by atoms with Gasteiger partial charge in [-0.05, 0) is 19.3 Å². The largest absolute Gasteiger partial charge is 0.358 e. The molecule has 1 aliphatic heterocycles. The number of carbonyl (C=O) groups is 1. The van der Waals surface area contributed by atoms with Crippen molar-refractivity contribution in [3.63, 3.8) is 0 Å². The van der Waals surface area contributed by atoms with Crippen molar-refractivity contribution in [2.75, 3.05) is 13.2 Å². The summed E-state index contributed by atoms with van der Waals surface area (Å²) in [6, 6.07) is -0.111. The molecule has 1 aliphatic rings. The van der Waals surface area contributed by atoms with E-state index in [2.05, 4.69) is 17.6 Å². The van der Waals surface area contributed by atoms with E-state index >= 15 is 0 Å². The van der Waals surface area contributed by atoms with Crippen molar-refractivity contribution in [3.8, 4) is 0 Å². The van der Waals surface area contributed by atoms with Gasteiger partial charge in [0.1, 0.15) is 6.23 Å². The normalized spacial score (nSPS) is 21.5. The molecule has 0 bridgehead atoms. The zero-order valence-electron chi connectivity index (χ0n) is 8.14. The lowest BCUT2D eigenvalue weighted by Gasteiger charge is -2.12. The summed E-state index contributed by atoms with van der Waals surface area (Å²) in [6.07, 6.45) is 4.03. The van der Waals surface area contributed by atoms with Crippen LogP contribution in [0.4, 0.5) is 4.79 Å². The monoisotopic (exact) mass is 186 g/mol. The minimum atomic E-state index is -0.111. The number of amides is 2. The number of carbonyl (C=O) groups excluding carboxylic acids is 1. The zero-order chi connectivity index (χ0) is 9.52. The van der Waals surface area contributed by atoms with Gasteiger partial charge in [0.05, 0.1) is 0 Å². The summed E-state index contributed by atoms with van der Waals surface area (Å²) in [6.45, 7) is 3.61. The van der Waals surface area contributed by atoms with Crippen molar-refractivity contribution in [3.05, 3.63) is 0 Å². The summed E-state index contributed by atoms with van der Waals surface area (Å²) in [5, 5.41) is 5.55. The third kappa shape index (κ3) is 4.12. The topological polar surface area (TPSA) is 50.4 Å². The van der Waals surface area contributed by atoms with E-state index in [0.29, 0.717) is 0 Å². The number of hydrogen-bond acceptors (Lipinski definition) is 2. The maximum atomic E-state index is 11.2. The molecule has 0 spiro atoms. The van der Waals surface area contributed by atoms with E-state index in [0.717, 1.165) is 38.8 Å². The molecule has 4 nitrogen and oxygen atoms in total. The van der Waals surface area contributed by atoms with E-state index in [1.54, 1.807) is 0 Å². The Hall–Kier alpha value is -0.770. The van der Waals surface area contributed by atoms with E-state index in [4.69, 9.17) is 4.74 Å². The highest BCUT2D eigenvalue weighted by Crippen LogP contribution is 2.08. The quantitative estimate of drug-likeness (QED) is 0.649. The molecular formula is C9H18N2O2. The molecule has 2 N–H and O–H groups in total. The minimum Gasteiger partial charge on any atom is -0.358 e. The summed E-state index contributed by atoms with van der Waals surface area (Å²) in [5.41, 5.74) is 0. The number of ether oxygens (including phenoxy) is 1. The van der Waals surface area contributed by atoms with Gasteiger partial charge in [0.15, 0.2) is 0 Å². The maximum absolute atomic E-state index is 11.2. The van der Waals surface area contributed by atoms with Gasteiger partial charge in [-0.15, -0.1) is 0 Å². The first kappa shape index (κ1) is 10.3. The second kappa shape index (κ2) is 5.80. The molecule has 1 heterocycles. The smallest absolute Gasteiger partial charge is 0.316 e. The van der Waals surface area contributed by atoms with Crippen molar-refractivity contribution in [2.24, 2.45) is 0 Å². The highest BCUT2D eigenvalue weighted by atomic mass is 16.5. The molecule has 1 unspecified atom stereocenters. The van der Waals surface area contributed by atoms with E-state index in [-0.39, 0.29) is 12.3 Å². The van der Waals surface area contributed by atoms with Crippen LogP contribution in [0.2, 0.25) is 0 Å². The SMILES string of the molecule is CCCCNC(=O)NC1CCCO1. The molecule has 13 heavy (non-hydrogen) atoms. The third-order valence-corrected chi connectivity index (χ3v) is 2.04. The van der Waals surface area contributed by atoms with E-state index in [1.165, 1.54) is 0 Å². The molecule has 2 amide bonds. The lowest BCUT2D eigenvalue weighted by Crippen LogP contribution is -2.42. The van der Waals surface area contributed by atoms with Crippen LogP contribution < -0.4 is 10.6 Å². The van der Waals surface area contributed by atoms with E-state index < -0.39 is 0 Å². The Morgan fingerprint density at radius 2 is 2.46 bits per heavy atom. The van der Waals surface area contributed by atoms with Gasteiger partial charge >= 0.3 is 6.03 Å². The first-order valence-electron chi connectivity index (χ1n) is 4.99. The number of rotatable bonds is 4. The highest BCUT2D eigenvalue weighted by molar-refractivity contribution is 5.73. The Kier molecular flexibility index (Phi) is 4.60. The Labute approximate surface area is 79.0 Å². The molecule has 0 aromatic rings. The van der Waals surface area contributed by atoms with Crippen LogP contribution in [0.5, 0.6) is 0 Å². The Bertz CT molecular complexity index is 156. The van der Waals surface area contributed by atoms with Crippen LogP contribution in [-0.2, 0) is 4.74 Å². The van der Waals surface area contributed by atoms with Crippen LogP contribution in [0, 0.1) is 0 Å². The summed E-state index contributed by atoms with van der Waals surface area (Å²) in [4.78, 5) is 11.2. The Morgan fingerprint density at radius 3 is 3.08 bits per heavy atom. The van der Waals surface area contributed by atoms with E-state index in [1.807, 2.05) is 0 Å². The lowest BCUT2D eigenvalue weighted by molar-refractivity contribution is 0.0907. The summed E-state index contributed by atoms with van der Waals surface area (Å²) in [7, 11) is 0. The lowest BCUT2D eigenvalue weighted by atomic mass is 10.3. The highest BCUT2D eigenvalue weighted by Gasteiger charge is 2.16. The average Bonchev–Trinajstić information content (AvgIpc) is 2.57. The zero-order valence-corrected chi connectivity index (χ0v) is 8.14. The van der Waals surface area contributed by atoms with Gasteiger partial charge in [0.25, 0.3) is 0 Å². The van der Waals surface area contributed by atoms with Gasteiger partial charge in [-0.1, -0.05) is 13.3 Å². The molecule has 0 aromatic heterocycles. The van der Waals surface area contributed by atoms with Gasteiger partial charge < -0.3 is 15.4 Å². The van der Waals surface area contributed by atoms with Crippen molar-refractivity contribution in [1.29, 1.82) is 0 Å². The van der Waals surface area contributed by atoms with Crippen LogP contribution in [0.15, 0.2) is 0 Å². The summed E-state index contributed by atoms with van der Waals surface area (Å²) in [5.74, 6) is 0. The molecule has 76 valence electrons. The molecule has 4 heteroatoms. The summed E-state index contributed by atoms with van der Waals surface area (Å²) >= 11 is 0. The van der Waals surface area contributed by atoms with Crippen LogP contribution in [0.3, 0.4) is 0 Å². The third-order valence-electron chi connectivity index (χ3n) is 2.04. The molecular weight excluding hydrogens is 168 g/mol. The van der Waals surface area contributed by atoms with Gasteiger partial charge in [-0.3, -0.25) is 0 Å². The average molecular weight is 186 g/mol. The predicted molar refractivity (Wildman–Crippen MR) is 50.4 cm³/mol. The van der Waals surface area contributed by atoms with Crippen molar-refractivity contribution >= 4 is 6.03 Å². The van der Waals surface area contributed by atoms with Crippen LogP contribution >= 0.6 is 0 Å². The Balaban J connectivity index is 2.02. The second-order valence-corrected chi connectivity index (χ2v) is 3.26. The minimum absolute atomic E-state index is 0.0679. The van der Waals surface area contributed by atoms with Crippen molar-refractivity contribution in [1.82, 2.24) is 10.6 Å². The molecule has 1 fully saturated rings.